The van der Waals surface area contributed by atoms with Gasteiger partial charge in [-0.25, -0.2) is 0 Å². The summed E-state index contributed by atoms with van der Waals surface area (Å²) in [6.07, 6.45) is 12.9. The quantitative estimate of drug-likeness (QED) is 0.621. The molecule has 0 unspecified atom stereocenters. The molecule has 0 radical (unpaired) electrons. The van der Waals surface area contributed by atoms with Crippen LogP contribution >= 0.6 is 0 Å². The molecule has 126 valence electrons. The molecule has 1 heteroatoms. The molecule has 0 spiro atoms. The number of ketones is 1. The molecule has 3 fully saturated rings. The van der Waals surface area contributed by atoms with Crippen molar-refractivity contribution in [2.45, 2.75) is 91.9 Å². The van der Waals surface area contributed by atoms with Crippen molar-refractivity contribution in [3.05, 3.63) is 0 Å². The highest BCUT2D eigenvalue weighted by Gasteiger charge is 2.58. The van der Waals surface area contributed by atoms with Crippen LogP contribution in [-0.4, -0.2) is 5.78 Å². The van der Waals surface area contributed by atoms with Crippen molar-refractivity contribution in [1.29, 1.82) is 0 Å². The van der Waals surface area contributed by atoms with Crippen LogP contribution < -0.4 is 0 Å². The van der Waals surface area contributed by atoms with E-state index < -0.39 is 0 Å². The minimum absolute atomic E-state index is 0.0475. The maximum atomic E-state index is 12.5. The van der Waals surface area contributed by atoms with E-state index in [2.05, 4.69) is 27.7 Å². The van der Waals surface area contributed by atoms with Crippen molar-refractivity contribution in [2.75, 3.05) is 0 Å². The van der Waals surface area contributed by atoms with Crippen LogP contribution in [0.25, 0.3) is 0 Å². The zero-order valence-corrected chi connectivity index (χ0v) is 15.3. The van der Waals surface area contributed by atoms with Gasteiger partial charge in [-0.1, -0.05) is 47.0 Å². The number of Topliss-reactive ketones (excluding diaryl/α,β-unsaturated/α-hetero) is 1. The highest BCUT2D eigenvalue weighted by Crippen LogP contribution is 2.64. The number of rotatable bonds is 4. The second-order valence-electron chi connectivity index (χ2n) is 9.11. The lowest BCUT2D eigenvalue weighted by Gasteiger charge is -2.58. The van der Waals surface area contributed by atoms with Gasteiger partial charge in [0.15, 0.2) is 0 Å². The lowest BCUT2D eigenvalue weighted by atomic mass is 9.46. The van der Waals surface area contributed by atoms with Gasteiger partial charge in [0.2, 0.25) is 0 Å². The predicted octanol–water partition coefficient (Wildman–Crippen LogP) is 6.01. The Labute approximate surface area is 137 Å². The zero-order valence-electron chi connectivity index (χ0n) is 15.3. The van der Waals surface area contributed by atoms with Crippen LogP contribution in [0.3, 0.4) is 0 Å². The van der Waals surface area contributed by atoms with E-state index in [-0.39, 0.29) is 5.41 Å². The van der Waals surface area contributed by atoms with Crippen molar-refractivity contribution in [1.82, 2.24) is 0 Å². The Morgan fingerprint density at radius 1 is 1.00 bits per heavy atom. The van der Waals surface area contributed by atoms with Crippen LogP contribution in [0.15, 0.2) is 0 Å². The molecule has 0 N–H and O–H groups in total. The van der Waals surface area contributed by atoms with E-state index in [1.54, 1.807) is 0 Å². The third-order valence-corrected chi connectivity index (χ3v) is 8.20. The van der Waals surface area contributed by atoms with Gasteiger partial charge >= 0.3 is 0 Å². The van der Waals surface area contributed by atoms with E-state index >= 15 is 0 Å². The van der Waals surface area contributed by atoms with Crippen LogP contribution in [0.5, 0.6) is 0 Å². The number of hydrogen-bond donors (Lipinski definition) is 0. The summed E-state index contributed by atoms with van der Waals surface area (Å²) in [5.74, 6) is 3.96. The minimum Gasteiger partial charge on any atom is -0.299 e. The van der Waals surface area contributed by atoms with E-state index in [9.17, 15) is 4.79 Å². The number of carbonyl (C=O) groups is 1. The fourth-order valence-corrected chi connectivity index (χ4v) is 7.06. The Morgan fingerprint density at radius 2 is 1.77 bits per heavy atom. The number of fused-ring (bicyclic) bond motifs is 3. The van der Waals surface area contributed by atoms with Crippen LogP contribution in [0.2, 0.25) is 0 Å². The van der Waals surface area contributed by atoms with Crippen LogP contribution in [-0.2, 0) is 4.79 Å². The Balaban J connectivity index is 1.88. The number of hydrogen-bond acceptors (Lipinski definition) is 1. The van der Waals surface area contributed by atoms with E-state index in [1.165, 1.54) is 57.8 Å². The standard InChI is InChI=1S/C21H36O/c1-5-7-15-8-9-16-17-10-11-19(22)21(17,4)14-12-18(16)20(15,3)13-6-2/h15-18H,5-14H2,1-4H3/t15-,16+,17+,18+,20+,21+/m1/s1. The van der Waals surface area contributed by atoms with E-state index in [4.69, 9.17) is 0 Å². The second-order valence-corrected chi connectivity index (χ2v) is 9.11. The normalized spacial score (nSPS) is 48.1. The van der Waals surface area contributed by atoms with Crippen molar-refractivity contribution in [3.63, 3.8) is 0 Å². The molecule has 0 heterocycles. The second kappa shape index (κ2) is 5.95. The van der Waals surface area contributed by atoms with Gasteiger partial charge in [0.1, 0.15) is 5.78 Å². The molecule has 3 aliphatic carbocycles. The van der Waals surface area contributed by atoms with Gasteiger partial charge in [0.05, 0.1) is 0 Å². The van der Waals surface area contributed by atoms with Crippen LogP contribution in [0, 0.1) is 34.5 Å². The molecule has 3 saturated carbocycles. The molecule has 22 heavy (non-hydrogen) atoms. The van der Waals surface area contributed by atoms with E-state index in [1.807, 2.05) is 0 Å². The molecular weight excluding hydrogens is 268 g/mol. The maximum Gasteiger partial charge on any atom is 0.139 e. The monoisotopic (exact) mass is 304 g/mol. The average molecular weight is 305 g/mol. The summed E-state index contributed by atoms with van der Waals surface area (Å²) in [5, 5.41) is 0. The van der Waals surface area contributed by atoms with E-state index in [0.717, 1.165) is 24.2 Å². The fourth-order valence-electron chi connectivity index (χ4n) is 7.06. The Hall–Kier alpha value is -0.330. The van der Waals surface area contributed by atoms with Crippen LogP contribution in [0.4, 0.5) is 0 Å². The Morgan fingerprint density at radius 3 is 2.45 bits per heavy atom. The van der Waals surface area contributed by atoms with Gasteiger partial charge in [0.25, 0.3) is 0 Å². The molecule has 0 aromatic heterocycles. The summed E-state index contributed by atoms with van der Waals surface area (Å²) in [7, 11) is 0. The van der Waals surface area contributed by atoms with Gasteiger partial charge in [-0.15, -0.1) is 0 Å². The van der Waals surface area contributed by atoms with Crippen molar-refractivity contribution in [3.8, 4) is 0 Å². The summed E-state index contributed by atoms with van der Waals surface area (Å²) < 4.78 is 0. The first kappa shape index (κ1) is 16.5. The van der Waals surface area contributed by atoms with Crippen LogP contribution in [0.1, 0.15) is 91.9 Å². The summed E-state index contributed by atoms with van der Waals surface area (Å²) >= 11 is 0. The van der Waals surface area contributed by atoms with Gasteiger partial charge in [-0.3, -0.25) is 4.79 Å². The lowest BCUT2D eigenvalue weighted by molar-refractivity contribution is -0.137. The first-order valence-corrected chi connectivity index (χ1v) is 10.0. The zero-order chi connectivity index (χ0) is 16.0. The molecule has 0 bridgehead atoms. The molecule has 0 aliphatic heterocycles. The predicted molar refractivity (Wildman–Crippen MR) is 92.7 cm³/mol. The van der Waals surface area contributed by atoms with Gasteiger partial charge in [0, 0.05) is 11.8 Å². The summed E-state index contributed by atoms with van der Waals surface area (Å²) in [6.45, 7) is 9.64. The maximum absolute atomic E-state index is 12.5. The summed E-state index contributed by atoms with van der Waals surface area (Å²) in [4.78, 5) is 12.5. The van der Waals surface area contributed by atoms with Crippen molar-refractivity contribution < 1.29 is 4.79 Å². The van der Waals surface area contributed by atoms with Crippen molar-refractivity contribution in [2.24, 2.45) is 34.5 Å². The Bertz CT molecular complexity index is 428. The third kappa shape index (κ3) is 2.29. The lowest BCUT2D eigenvalue weighted by Crippen LogP contribution is -2.52. The molecule has 0 aromatic carbocycles. The first-order valence-electron chi connectivity index (χ1n) is 10.0. The molecular formula is C21H36O. The van der Waals surface area contributed by atoms with Crippen molar-refractivity contribution >= 4 is 5.78 Å². The summed E-state index contributed by atoms with van der Waals surface area (Å²) in [6, 6.07) is 0. The third-order valence-electron chi connectivity index (χ3n) is 8.20. The molecule has 6 atom stereocenters. The summed E-state index contributed by atoms with van der Waals surface area (Å²) in [5.41, 5.74) is 0.590. The first-order chi connectivity index (χ1) is 10.5. The molecule has 0 aromatic rings. The fraction of sp³-hybridized carbons (Fsp3) is 0.952. The minimum atomic E-state index is 0.0475. The molecule has 3 aliphatic rings. The molecule has 0 saturated heterocycles. The average Bonchev–Trinajstić information content (AvgIpc) is 2.79. The largest absolute Gasteiger partial charge is 0.299 e. The molecule has 3 rings (SSSR count). The molecule has 1 nitrogen and oxygen atoms in total. The topological polar surface area (TPSA) is 17.1 Å². The van der Waals surface area contributed by atoms with Gasteiger partial charge in [-0.05, 0) is 67.6 Å². The highest BCUT2D eigenvalue weighted by atomic mass is 16.1. The number of carbonyl (C=O) groups excluding carboxylic acids is 1. The van der Waals surface area contributed by atoms with Gasteiger partial charge in [-0.2, -0.15) is 0 Å². The Kier molecular flexibility index (Phi) is 4.47. The van der Waals surface area contributed by atoms with E-state index in [0.29, 0.717) is 17.1 Å². The molecule has 0 amide bonds. The smallest absolute Gasteiger partial charge is 0.139 e. The SMILES string of the molecule is CCC[C@@H]1CC[C@@H]2[C@H](CC[C@]3(C)C(=O)CC[C@@H]23)[C@@]1(C)CCC. The highest BCUT2D eigenvalue weighted by molar-refractivity contribution is 5.87. The van der Waals surface area contributed by atoms with Gasteiger partial charge < -0.3 is 0 Å².